The van der Waals surface area contributed by atoms with Gasteiger partial charge in [-0.15, -0.1) is 0 Å². The Morgan fingerprint density at radius 2 is 1.95 bits per heavy atom. The number of hydrogen-bond donors (Lipinski definition) is 1. The monoisotopic (exact) mass is 260 g/mol. The van der Waals surface area contributed by atoms with Gasteiger partial charge in [0.15, 0.2) is 0 Å². The standard InChI is InChI=1S/C17H24O2/c1-12-4-3-5-13(2)15(12)10-17(11-18)8-9-19-16(17)14-6-7-14/h3-5,14,16,18H,6-11H2,1-2H3. The van der Waals surface area contributed by atoms with Gasteiger partial charge in [0.05, 0.1) is 12.7 Å². The van der Waals surface area contributed by atoms with E-state index in [0.29, 0.717) is 5.92 Å². The van der Waals surface area contributed by atoms with Crippen LogP contribution in [0.15, 0.2) is 18.2 Å². The highest BCUT2D eigenvalue weighted by molar-refractivity contribution is 5.35. The molecule has 0 spiro atoms. The molecule has 1 aromatic rings. The van der Waals surface area contributed by atoms with Crippen molar-refractivity contribution >= 4 is 0 Å². The van der Waals surface area contributed by atoms with Gasteiger partial charge in [-0.25, -0.2) is 0 Å². The van der Waals surface area contributed by atoms with Gasteiger partial charge in [-0.3, -0.25) is 0 Å². The largest absolute Gasteiger partial charge is 0.396 e. The summed E-state index contributed by atoms with van der Waals surface area (Å²) >= 11 is 0. The molecule has 1 saturated carbocycles. The molecule has 2 atom stereocenters. The third kappa shape index (κ3) is 2.32. The second-order valence-electron chi connectivity index (χ2n) is 6.45. The Kier molecular flexibility index (Phi) is 3.40. The Balaban J connectivity index is 1.90. The molecule has 1 N–H and O–H groups in total. The van der Waals surface area contributed by atoms with E-state index < -0.39 is 0 Å². The normalized spacial score (nSPS) is 30.8. The summed E-state index contributed by atoms with van der Waals surface area (Å²) < 4.78 is 5.98. The molecule has 0 aromatic heterocycles. The zero-order valence-electron chi connectivity index (χ0n) is 12.0. The SMILES string of the molecule is Cc1cccc(C)c1CC1(CO)CCOC1C1CC1. The molecule has 0 bridgehead atoms. The van der Waals surface area contributed by atoms with Crippen LogP contribution in [0.5, 0.6) is 0 Å². The predicted octanol–water partition coefficient (Wildman–Crippen LogP) is 3.02. The first-order valence-electron chi connectivity index (χ1n) is 7.44. The van der Waals surface area contributed by atoms with E-state index in [1.165, 1.54) is 29.5 Å². The highest BCUT2D eigenvalue weighted by atomic mass is 16.5. The Bertz CT molecular complexity index is 444. The summed E-state index contributed by atoms with van der Waals surface area (Å²) in [5.74, 6) is 0.693. The molecule has 2 nitrogen and oxygen atoms in total. The van der Waals surface area contributed by atoms with Crippen molar-refractivity contribution in [3.8, 4) is 0 Å². The molecule has 2 unspecified atom stereocenters. The van der Waals surface area contributed by atoms with E-state index in [0.717, 1.165) is 19.4 Å². The minimum absolute atomic E-state index is 0.0436. The summed E-state index contributed by atoms with van der Waals surface area (Å²) in [6.45, 7) is 5.42. The Labute approximate surface area is 115 Å². The minimum Gasteiger partial charge on any atom is -0.396 e. The topological polar surface area (TPSA) is 29.5 Å². The van der Waals surface area contributed by atoms with Crippen LogP contribution in [0.2, 0.25) is 0 Å². The maximum Gasteiger partial charge on any atom is 0.0685 e. The third-order valence-electron chi connectivity index (χ3n) is 5.04. The fourth-order valence-electron chi connectivity index (χ4n) is 3.64. The lowest BCUT2D eigenvalue weighted by atomic mass is 9.73. The fraction of sp³-hybridized carbons (Fsp3) is 0.647. The summed E-state index contributed by atoms with van der Waals surface area (Å²) in [6, 6.07) is 6.47. The molecule has 1 aliphatic heterocycles. The van der Waals surface area contributed by atoms with E-state index in [2.05, 4.69) is 32.0 Å². The molecule has 2 aliphatic rings. The molecule has 1 heterocycles. The van der Waals surface area contributed by atoms with E-state index in [4.69, 9.17) is 4.74 Å². The van der Waals surface area contributed by atoms with Crippen LogP contribution in [0.25, 0.3) is 0 Å². The second-order valence-corrected chi connectivity index (χ2v) is 6.45. The number of rotatable bonds is 4. The van der Waals surface area contributed by atoms with Crippen molar-refractivity contribution in [2.45, 2.75) is 45.6 Å². The van der Waals surface area contributed by atoms with Crippen LogP contribution < -0.4 is 0 Å². The number of aryl methyl sites for hydroxylation is 2. The average molecular weight is 260 g/mol. The second kappa shape index (κ2) is 4.92. The predicted molar refractivity (Wildman–Crippen MR) is 76.2 cm³/mol. The number of aliphatic hydroxyl groups excluding tert-OH is 1. The highest BCUT2D eigenvalue weighted by Gasteiger charge is 2.50. The van der Waals surface area contributed by atoms with Crippen LogP contribution >= 0.6 is 0 Å². The van der Waals surface area contributed by atoms with Crippen molar-refractivity contribution in [1.29, 1.82) is 0 Å². The molecule has 2 heteroatoms. The van der Waals surface area contributed by atoms with E-state index in [-0.39, 0.29) is 18.1 Å². The zero-order valence-corrected chi connectivity index (χ0v) is 12.0. The van der Waals surface area contributed by atoms with Gasteiger partial charge in [-0.1, -0.05) is 18.2 Å². The molecule has 104 valence electrons. The quantitative estimate of drug-likeness (QED) is 0.901. The van der Waals surface area contributed by atoms with E-state index in [1.807, 2.05) is 0 Å². The lowest BCUT2D eigenvalue weighted by molar-refractivity contribution is 0.000456. The van der Waals surface area contributed by atoms with Gasteiger partial charge in [0.1, 0.15) is 0 Å². The van der Waals surface area contributed by atoms with Crippen molar-refractivity contribution in [2.75, 3.05) is 13.2 Å². The summed E-state index contributed by atoms with van der Waals surface area (Å²) in [6.07, 6.45) is 4.79. The summed E-state index contributed by atoms with van der Waals surface area (Å²) in [5, 5.41) is 10.0. The maximum absolute atomic E-state index is 10.0. The van der Waals surface area contributed by atoms with E-state index in [1.54, 1.807) is 0 Å². The molecule has 2 fully saturated rings. The minimum atomic E-state index is -0.0436. The van der Waals surface area contributed by atoms with Gasteiger partial charge in [0.25, 0.3) is 0 Å². The maximum atomic E-state index is 10.0. The average Bonchev–Trinajstić information content (AvgIpc) is 3.15. The van der Waals surface area contributed by atoms with E-state index in [9.17, 15) is 5.11 Å². The number of aliphatic hydroxyl groups is 1. The van der Waals surface area contributed by atoms with Crippen molar-refractivity contribution in [3.05, 3.63) is 34.9 Å². The van der Waals surface area contributed by atoms with Gasteiger partial charge in [-0.2, -0.15) is 0 Å². The first-order chi connectivity index (χ1) is 9.16. The van der Waals surface area contributed by atoms with Gasteiger partial charge >= 0.3 is 0 Å². The number of ether oxygens (including phenoxy) is 1. The lowest BCUT2D eigenvalue weighted by Crippen LogP contribution is -2.38. The first-order valence-corrected chi connectivity index (χ1v) is 7.44. The molecular formula is C17H24O2. The van der Waals surface area contributed by atoms with Crippen LogP contribution in [-0.4, -0.2) is 24.4 Å². The molecule has 1 saturated heterocycles. The first kappa shape index (κ1) is 13.1. The zero-order chi connectivity index (χ0) is 13.5. The van der Waals surface area contributed by atoms with Crippen LogP contribution in [0.4, 0.5) is 0 Å². The molecular weight excluding hydrogens is 236 g/mol. The Hall–Kier alpha value is -0.860. The fourth-order valence-corrected chi connectivity index (χ4v) is 3.64. The molecule has 3 rings (SSSR count). The number of hydrogen-bond acceptors (Lipinski definition) is 2. The molecule has 0 radical (unpaired) electrons. The highest BCUT2D eigenvalue weighted by Crippen LogP contribution is 2.49. The summed E-state index contributed by atoms with van der Waals surface area (Å²) in [7, 11) is 0. The van der Waals surface area contributed by atoms with E-state index >= 15 is 0 Å². The number of benzene rings is 1. The van der Waals surface area contributed by atoms with Gasteiger partial charge in [0.2, 0.25) is 0 Å². The Morgan fingerprint density at radius 3 is 2.53 bits per heavy atom. The van der Waals surface area contributed by atoms with Crippen molar-refractivity contribution in [3.63, 3.8) is 0 Å². The van der Waals surface area contributed by atoms with Gasteiger partial charge < -0.3 is 9.84 Å². The molecule has 1 aliphatic carbocycles. The van der Waals surface area contributed by atoms with Crippen LogP contribution in [0.3, 0.4) is 0 Å². The third-order valence-corrected chi connectivity index (χ3v) is 5.04. The van der Waals surface area contributed by atoms with Gasteiger partial charge in [0, 0.05) is 12.0 Å². The van der Waals surface area contributed by atoms with Gasteiger partial charge in [-0.05, 0) is 62.1 Å². The van der Waals surface area contributed by atoms with Crippen LogP contribution in [0.1, 0.15) is 36.0 Å². The summed E-state index contributed by atoms with van der Waals surface area (Å²) in [5.41, 5.74) is 4.05. The Morgan fingerprint density at radius 1 is 1.26 bits per heavy atom. The van der Waals surface area contributed by atoms with Crippen LogP contribution in [0, 0.1) is 25.2 Å². The molecule has 0 amide bonds. The van der Waals surface area contributed by atoms with Crippen LogP contribution in [-0.2, 0) is 11.2 Å². The molecule has 19 heavy (non-hydrogen) atoms. The smallest absolute Gasteiger partial charge is 0.0685 e. The van der Waals surface area contributed by atoms with Crippen molar-refractivity contribution < 1.29 is 9.84 Å². The summed E-state index contributed by atoms with van der Waals surface area (Å²) in [4.78, 5) is 0. The van der Waals surface area contributed by atoms with Crippen molar-refractivity contribution in [2.24, 2.45) is 11.3 Å². The lowest BCUT2D eigenvalue weighted by Gasteiger charge is -2.33. The van der Waals surface area contributed by atoms with Crippen molar-refractivity contribution in [1.82, 2.24) is 0 Å². The molecule has 1 aromatic carbocycles.